The third kappa shape index (κ3) is 4.21. The third-order valence-corrected chi connectivity index (χ3v) is 5.59. The standard InChI is InChI=1S/C21H24N4O2S/c1-14-5-6-17(13-22-14)16-7-9-18(10-8-16)23-21-25(11-12-26)15(2)19(28-21)20(27)24(3)4/h5-10,13,26H,11-12H2,1-4H3. The molecule has 0 aliphatic rings. The Hall–Kier alpha value is -2.77. The molecule has 0 saturated carbocycles. The van der Waals surface area contributed by atoms with Crippen molar-refractivity contribution in [2.75, 3.05) is 20.7 Å². The highest BCUT2D eigenvalue weighted by Gasteiger charge is 2.18. The fourth-order valence-electron chi connectivity index (χ4n) is 2.81. The number of thiazole rings is 1. The monoisotopic (exact) mass is 396 g/mol. The van der Waals surface area contributed by atoms with Gasteiger partial charge in [-0.15, -0.1) is 0 Å². The summed E-state index contributed by atoms with van der Waals surface area (Å²) in [4.78, 5) is 24.4. The highest BCUT2D eigenvalue weighted by Crippen LogP contribution is 2.22. The lowest BCUT2D eigenvalue weighted by Crippen LogP contribution is -2.22. The summed E-state index contributed by atoms with van der Waals surface area (Å²) in [5.74, 6) is -0.0575. The molecular weight excluding hydrogens is 372 g/mol. The molecule has 0 saturated heterocycles. The molecule has 1 amide bonds. The number of aromatic nitrogens is 2. The maximum absolute atomic E-state index is 12.4. The lowest BCUT2D eigenvalue weighted by molar-refractivity contribution is 0.0830. The van der Waals surface area contributed by atoms with Crippen molar-refractivity contribution in [2.45, 2.75) is 20.4 Å². The van der Waals surface area contributed by atoms with Gasteiger partial charge in [-0.3, -0.25) is 9.78 Å². The number of pyridine rings is 1. The predicted molar refractivity (Wildman–Crippen MR) is 112 cm³/mol. The minimum Gasteiger partial charge on any atom is -0.395 e. The van der Waals surface area contributed by atoms with E-state index < -0.39 is 0 Å². The fourth-order valence-corrected chi connectivity index (χ4v) is 4.01. The maximum atomic E-state index is 12.4. The van der Waals surface area contributed by atoms with Gasteiger partial charge in [-0.2, -0.15) is 0 Å². The van der Waals surface area contributed by atoms with Crippen molar-refractivity contribution >= 4 is 22.9 Å². The summed E-state index contributed by atoms with van der Waals surface area (Å²) in [5, 5.41) is 9.41. The van der Waals surface area contributed by atoms with E-state index in [-0.39, 0.29) is 12.5 Å². The first-order chi connectivity index (χ1) is 13.4. The van der Waals surface area contributed by atoms with Gasteiger partial charge in [-0.1, -0.05) is 29.5 Å². The van der Waals surface area contributed by atoms with Crippen molar-refractivity contribution in [1.82, 2.24) is 14.5 Å². The molecule has 0 aliphatic carbocycles. The normalized spacial score (nSPS) is 11.7. The zero-order valence-corrected chi connectivity index (χ0v) is 17.3. The van der Waals surface area contributed by atoms with E-state index in [4.69, 9.17) is 4.99 Å². The molecule has 0 spiro atoms. The van der Waals surface area contributed by atoms with Crippen LogP contribution in [-0.4, -0.2) is 46.2 Å². The average molecular weight is 397 g/mol. The zero-order valence-electron chi connectivity index (χ0n) is 16.5. The molecule has 3 aromatic rings. The van der Waals surface area contributed by atoms with Crippen LogP contribution >= 0.6 is 11.3 Å². The summed E-state index contributed by atoms with van der Waals surface area (Å²) in [5.41, 5.74) is 4.72. The van der Waals surface area contributed by atoms with Gasteiger partial charge in [0.1, 0.15) is 4.88 Å². The number of aliphatic hydroxyl groups is 1. The highest BCUT2D eigenvalue weighted by atomic mass is 32.1. The first kappa shape index (κ1) is 20.0. The van der Waals surface area contributed by atoms with Crippen LogP contribution in [0.1, 0.15) is 21.1 Å². The van der Waals surface area contributed by atoms with Crippen LogP contribution in [0.25, 0.3) is 11.1 Å². The third-order valence-electron chi connectivity index (χ3n) is 4.42. The summed E-state index contributed by atoms with van der Waals surface area (Å²) in [7, 11) is 3.46. The minimum absolute atomic E-state index is 0.0142. The second-order valence-corrected chi connectivity index (χ2v) is 7.70. The molecule has 6 nitrogen and oxygen atoms in total. The molecule has 146 valence electrons. The average Bonchev–Trinajstić information content (AvgIpc) is 2.98. The Morgan fingerprint density at radius 1 is 1.14 bits per heavy atom. The van der Waals surface area contributed by atoms with Crippen LogP contribution in [-0.2, 0) is 6.54 Å². The van der Waals surface area contributed by atoms with Gasteiger partial charge < -0.3 is 14.6 Å². The molecule has 0 radical (unpaired) electrons. The van der Waals surface area contributed by atoms with E-state index >= 15 is 0 Å². The molecule has 0 bridgehead atoms. The summed E-state index contributed by atoms with van der Waals surface area (Å²) < 4.78 is 1.89. The molecule has 0 unspecified atom stereocenters. The number of rotatable bonds is 5. The van der Waals surface area contributed by atoms with Gasteiger partial charge in [-0.25, -0.2) is 4.99 Å². The Morgan fingerprint density at radius 2 is 1.82 bits per heavy atom. The number of aryl methyl sites for hydroxylation is 1. The Kier molecular flexibility index (Phi) is 6.06. The van der Waals surface area contributed by atoms with Crippen LogP contribution in [0.5, 0.6) is 0 Å². The van der Waals surface area contributed by atoms with Crippen LogP contribution in [0.3, 0.4) is 0 Å². The van der Waals surface area contributed by atoms with Crippen LogP contribution in [0.4, 0.5) is 5.69 Å². The number of carbonyl (C=O) groups excluding carboxylic acids is 1. The summed E-state index contributed by atoms with van der Waals surface area (Å²) >= 11 is 1.34. The Morgan fingerprint density at radius 3 is 2.39 bits per heavy atom. The Bertz CT molecular complexity index is 1030. The molecule has 28 heavy (non-hydrogen) atoms. The van der Waals surface area contributed by atoms with Crippen molar-refractivity contribution < 1.29 is 9.90 Å². The predicted octanol–water partition coefficient (Wildman–Crippen LogP) is 3.15. The number of benzene rings is 1. The number of nitrogens with zero attached hydrogens (tertiary/aromatic N) is 4. The smallest absolute Gasteiger partial charge is 0.265 e. The zero-order chi connectivity index (χ0) is 20.3. The molecule has 0 atom stereocenters. The van der Waals surface area contributed by atoms with Crippen LogP contribution in [0, 0.1) is 13.8 Å². The maximum Gasteiger partial charge on any atom is 0.265 e. The lowest BCUT2D eigenvalue weighted by atomic mass is 10.1. The van der Waals surface area contributed by atoms with E-state index in [0.717, 1.165) is 28.2 Å². The van der Waals surface area contributed by atoms with Gasteiger partial charge in [0.2, 0.25) is 0 Å². The molecule has 2 aromatic heterocycles. The van der Waals surface area contributed by atoms with Crippen LogP contribution in [0.15, 0.2) is 47.6 Å². The molecule has 2 heterocycles. The van der Waals surface area contributed by atoms with E-state index in [2.05, 4.69) is 4.98 Å². The van der Waals surface area contributed by atoms with Crippen molar-refractivity contribution in [3.8, 4) is 11.1 Å². The topological polar surface area (TPSA) is 70.7 Å². The van der Waals surface area contributed by atoms with Crippen molar-refractivity contribution in [1.29, 1.82) is 0 Å². The van der Waals surface area contributed by atoms with Crippen LogP contribution in [0.2, 0.25) is 0 Å². The first-order valence-corrected chi connectivity index (χ1v) is 9.83. The van der Waals surface area contributed by atoms with E-state index in [1.807, 2.05) is 61.0 Å². The van der Waals surface area contributed by atoms with E-state index in [9.17, 15) is 9.90 Å². The van der Waals surface area contributed by atoms with Gasteiger partial charge in [0.05, 0.1) is 12.3 Å². The van der Waals surface area contributed by atoms with Gasteiger partial charge in [0.15, 0.2) is 4.80 Å². The first-order valence-electron chi connectivity index (χ1n) is 9.01. The molecule has 0 fully saturated rings. The lowest BCUT2D eigenvalue weighted by Gasteiger charge is -2.09. The van der Waals surface area contributed by atoms with E-state index in [1.54, 1.807) is 19.0 Å². The van der Waals surface area contributed by atoms with Crippen molar-refractivity contribution in [3.63, 3.8) is 0 Å². The van der Waals surface area contributed by atoms with E-state index in [0.29, 0.717) is 16.2 Å². The quantitative estimate of drug-likeness (QED) is 0.720. The van der Waals surface area contributed by atoms with Gasteiger partial charge in [0, 0.05) is 43.8 Å². The SMILES string of the molecule is Cc1ccc(-c2ccc(N=c3sc(C(=O)N(C)C)c(C)n3CCO)cc2)cn1. The van der Waals surface area contributed by atoms with Gasteiger partial charge in [-0.05, 0) is 37.6 Å². The largest absolute Gasteiger partial charge is 0.395 e. The summed E-state index contributed by atoms with van der Waals surface area (Å²) in [6.07, 6.45) is 1.86. The fraction of sp³-hybridized carbons (Fsp3) is 0.286. The highest BCUT2D eigenvalue weighted by molar-refractivity contribution is 7.11. The molecule has 7 heteroatoms. The van der Waals surface area contributed by atoms with Crippen LogP contribution < -0.4 is 4.80 Å². The van der Waals surface area contributed by atoms with Crippen molar-refractivity contribution in [2.24, 2.45) is 4.99 Å². The number of carbonyl (C=O) groups is 1. The summed E-state index contributed by atoms with van der Waals surface area (Å²) in [6.45, 7) is 4.23. The van der Waals surface area contributed by atoms with Gasteiger partial charge >= 0.3 is 0 Å². The molecule has 3 rings (SSSR count). The Balaban J connectivity index is 1.99. The summed E-state index contributed by atoms with van der Waals surface area (Å²) in [6, 6.07) is 11.9. The number of hydrogen-bond acceptors (Lipinski definition) is 5. The second-order valence-electron chi connectivity index (χ2n) is 6.72. The number of hydrogen-bond donors (Lipinski definition) is 1. The van der Waals surface area contributed by atoms with Crippen molar-refractivity contribution in [3.05, 3.63) is 63.7 Å². The molecule has 0 aliphatic heterocycles. The molecule has 1 N–H and O–H groups in total. The minimum atomic E-state index is -0.0575. The number of amides is 1. The Labute approximate surface area is 168 Å². The van der Waals surface area contributed by atoms with Gasteiger partial charge in [0.25, 0.3) is 5.91 Å². The van der Waals surface area contributed by atoms with E-state index in [1.165, 1.54) is 11.3 Å². The second kappa shape index (κ2) is 8.50. The molecular formula is C21H24N4O2S. The molecule has 1 aromatic carbocycles. The number of aliphatic hydroxyl groups excluding tert-OH is 1.